The highest BCUT2D eigenvalue weighted by atomic mass is 16.2. The highest BCUT2D eigenvalue weighted by Crippen LogP contribution is 2.29. The smallest absolute Gasteiger partial charge is 0.346 e. The molecule has 1 aliphatic heterocycles. The first-order valence-electron chi connectivity index (χ1n) is 9.38. The number of aromatic nitrogens is 3. The van der Waals surface area contributed by atoms with E-state index in [1.54, 1.807) is 10.6 Å². The van der Waals surface area contributed by atoms with Crippen LogP contribution in [0.4, 0.5) is 5.69 Å². The second-order valence-electron chi connectivity index (χ2n) is 6.66. The summed E-state index contributed by atoms with van der Waals surface area (Å²) in [7, 11) is 0. The Bertz CT molecular complexity index is 899. The number of benzene rings is 1. The Hall–Kier alpha value is -2.90. The van der Waals surface area contributed by atoms with Crippen molar-refractivity contribution in [2.24, 2.45) is 0 Å². The maximum absolute atomic E-state index is 12.5. The highest BCUT2D eigenvalue weighted by molar-refractivity contribution is 5.95. The minimum atomic E-state index is -0.411. The standard InChI is InChI=1S/C19H25N5O3/c1-3-5-10-16-22-24(19(27)23(16)4-2)12-18(26)21-15-11-17(25)20-14-9-7-6-8-13(14)15/h6-9,15H,3-5,10-12H2,1-2H3,(H,20,25)(H,21,26)/t15-/m0/s1. The van der Waals surface area contributed by atoms with E-state index in [-0.39, 0.29) is 30.5 Å². The molecule has 0 unspecified atom stereocenters. The molecule has 2 N–H and O–H groups in total. The number of nitrogens with zero attached hydrogens (tertiary/aromatic N) is 3. The Morgan fingerprint density at radius 1 is 1.30 bits per heavy atom. The first-order valence-corrected chi connectivity index (χ1v) is 9.38. The maximum atomic E-state index is 12.5. The van der Waals surface area contributed by atoms with Crippen LogP contribution in [0.5, 0.6) is 0 Å². The fourth-order valence-electron chi connectivity index (χ4n) is 3.34. The fourth-order valence-corrected chi connectivity index (χ4v) is 3.34. The highest BCUT2D eigenvalue weighted by Gasteiger charge is 2.26. The summed E-state index contributed by atoms with van der Waals surface area (Å²) in [5.41, 5.74) is 1.29. The molecule has 1 aromatic heterocycles. The number of aryl methyl sites for hydroxylation is 1. The molecule has 0 radical (unpaired) electrons. The van der Waals surface area contributed by atoms with Crippen molar-refractivity contribution in [2.75, 3.05) is 5.32 Å². The lowest BCUT2D eigenvalue weighted by atomic mass is 9.97. The number of carbonyl (C=O) groups excluding carboxylic acids is 2. The lowest BCUT2D eigenvalue weighted by Crippen LogP contribution is -2.38. The van der Waals surface area contributed by atoms with Crippen LogP contribution in [-0.4, -0.2) is 26.2 Å². The second-order valence-corrected chi connectivity index (χ2v) is 6.66. The molecule has 2 heterocycles. The van der Waals surface area contributed by atoms with Gasteiger partial charge in [-0.25, -0.2) is 9.48 Å². The van der Waals surface area contributed by atoms with Gasteiger partial charge in [0.15, 0.2) is 0 Å². The summed E-state index contributed by atoms with van der Waals surface area (Å²) in [6.45, 7) is 4.33. The van der Waals surface area contributed by atoms with Crippen LogP contribution in [0.1, 0.15) is 50.5 Å². The van der Waals surface area contributed by atoms with E-state index in [0.717, 1.165) is 18.4 Å². The molecule has 2 aromatic rings. The molecule has 0 saturated carbocycles. The summed E-state index contributed by atoms with van der Waals surface area (Å²) >= 11 is 0. The van der Waals surface area contributed by atoms with E-state index < -0.39 is 6.04 Å². The number of amides is 2. The van der Waals surface area contributed by atoms with E-state index >= 15 is 0 Å². The third-order valence-electron chi connectivity index (χ3n) is 4.70. The molecule has 1 atom stereocenters. The SMILES string of the molecule is CCCCc1nn(CC(=O)N[C@H]2CC(=O)Nc3ccccc32)c(=O)n1CC. The lowest BCUT2D eigenvalue weighted by Gasteiger charge is -2.26. The topological polar surface area (TPSA) is 98.0 Å². The Kier molecular flexibility index (Phi) is 5.73. The molecule has 0 saturated heterocycles. The number of fused-ring (bicyclic) bond motifs is 1. The Balaban J connectivity index is 1.74. The molecule has 8 heteroatoms. The van der Waals surface area contributed by atoms with E-state index in [0.29, 0.717) is 24.5 Å². The van der Waals surface area contributed by atoms with Crippen LogP contribution in [0.3, 0.4) is 0 Å². The molecule has 0 bridgehead atoms. The van der Waals surface area contributed by atoms with Crippen molar-refractivity contribution in [2.45, 2.75) is 58.7 Å². The normalized spacial score (nSPS) is 15.9. The van der Waals surface area contributed by atoms with Gasteiger partial charge in [-0.2, -0.15) is 5.10 Å². The van der Waals surface area contributed by atoms with Gasteiger partial charge >= 0.3 is 5.69 Å². The van der Waals surface area contributed by atoms with E-state index in [1.807, 2.05) is 25.1 Å². The minimum Gasteiger partial charge on any atom is -0.347 e. The minimum absolute atomic E-state index is 0.145. The van der Waals surface area contributed by atoms with Crippen LogP contribution in [0.15, 0.2) is 29.1 Å². The molecule has 8 nitrogen and oxygen atoms in total. The fraction of sp³-hybridized carbons (Fsp3) is 0.474. The van der Waals surface area contributed by atoms with Crippen molar-refractivity contribution in [1.29, 1.82) is 0 Å². The molecule has 1 aromatic carbocycles. The van der Waals surface area contributed by atoms with E-state index in [2.05, 4.69) is 22.7 Å². The van der Waals surface area contributed by atoms with Gasteiger partial charge in [0.2, 0.25) is 11.8 Å². The third kappa shape index (κ3) is 4.10. The van der Waals surface area contributed by atoms with Gasteiger partial charge in [0, 0.05) is 18.7 Å². The first kappa shape index (κ1) is 18.9. The maximum Gasteiger partial charge on any atom is 0.346 e. The number of carbonyl (C=O) groups is 2. The van der Waals surface area contributed by atoms with Crippen molar-refractivity contribution in [3.8, 4) is 0 Å². The van der Waals surface area contributed by atoms with Crippen molar-refractivity contribution < 1.29 is 9.59 Å². The molecule has 3 rings (SSSR count). The van der Waals surface area contributed by atoms with E-state index in [9.17, 15) is 14.4 Å². The van der Waals surface area contributed by atoms with Crippen LogP contribution in [0.25, 0.3) is 0 Å². The summed E-state index contributed by atoms with van der Waals surface area (Å²) in [6.07, 6.45) is 2.83. The lowest BCUT2D eigenvalue weighted by molar-refractivity contribution is -0.123. The van der Waals surface area contributed by atoms with Crippen molar-refractivity contribution in [3.05, 3.63) is 46.1 Å². The molecular weight excluding hydrogens is 346 g/mol. The number of unbranched alkanes of at least 4 members (excludes halogenated alkanes) is 1. The predicted octanol–water partition coefficient (Wildman–Crippen LogP) is 1.61. The average Bonchev–Trinajstić information content (AvgIpc) is 2.94. The van der Waals surface area contributed by atoms with Crippen LogP contribution < -0.4 is 16.3 Å². The zero-order valence-corrected chi connectivity index (χ0v) is 15.7. The van der Waals surface area contributed by atoms with Crippen molar-refractivity contribution in [1.82, 2.24) is 19.7 Å². The van der Waals surface area contributed by atoms with Crippen molar-refractivity contribution >= 4 is 17.5 Å². The van der Waals surface area contributed by atoms with Gasteiger partial charge in [-0.3, -0.25) is 14.2 Å². The van der Waals surface area contributed by atoms with Gasteiger partial charge in [0.05, 0.1) is 12.5 Å². The van der Waals surface area contributed by atoms with Crippen molar-refractivity contribution in [3.63, 3.8) is 0 Å². The number of rotatable bonds is 7. The quantitative estimate of drug-likeness (QED) is 0.772. The van der Waals surface area contributed by atoms with Gasteiger partial charge < -0.3 is 10.6 Å². The van der Waals surface area contributed by atoms with Gasteiger partial charge in [-0.05, 0) is 25.0 Å². The number of hydrogen-bond donors (Lipinski definition) is 2. The summed E-state index contributed by atoms with van der Waals surface area (Å²) in [5, 5.41) is 10.00. The molecule has 1 aliphatic rings. The van der Waals surface area contributed by atoms with E-state index in [4.69, 9.17) is 0 Å². The summed E-state index contributed by atoms with van der Waals surface area (Å²) in [4.78, 5) is 36.9. The number of nitrogens with one attached hydrogen (secondary N) is 2. The summed E-state index contributed by atoms with van der Waals surface area (Å²) in [5.74, 6) is 0.224. The van der Waals surface area contributed by atoms with Crippen LogP contribution >= 0.6 is 0 Å². The predicted molar refractivity (Wildman–Crippen MR) is 101 cm³/mol. The summed E-state index contributed by atoms with van der Waals surface area (Å²) in [6, 6.07) is 6.96. The van der Waals surface area contributed by atoms with Crippen LogP contribution in [0.2, 0.25) is 0 Å². The molecule has 0 fully saturated rings. The summed E-state index contributed by atoms with van der Waals surface area (Å²) < 4.78 is 2.81. The molecular formula is C19H25N5O3. The molecule has 2 amide bonds. The number of hydrogen-bond acceptors (Lipinski definition) is 4. The van der Waals surface area contributed by atoms with Gasteiger partial charge in [0.1, 0.15) is 12.4 Å². The monoisotopic (exact) mass is 371 g/mol. The molecule has 27 heavy (non-hydrogen) atoms. The second kappa shape index (κ2) is 8.20. The molecule has 144 valence electrons. The Morgan fingerprint density at radius 3 is 2.81 bits per heavy atom. The zero-order chi connectivity index (χ0) is 19.4. The van der Waals surface area contributed by atoms with Gasteiger partial charge in [-0.1, -0.05) is 31.5 Å². The zero-order valence-electron chi connectivity index (χ0n) is 15.7. The average molecular weight is 371 g/mol. The number of para-hydroxylation sites is 1. The first-order chi connectivity index (χ1) is 13.0. The number of anilines is 1. The van der Waals surface area contributed by atoms with Crippen LogP contribution in [-0.2, 0) is 29.1 Å². The third-order valence-corrected chi connectivity index (χ3v) is 4.70. The molecule has 0 spiro atoms. The molecule has 0 aliphatic carbocycles. The Labute approximate surface area is 157 Å². The Morgan fingerprint density at radius 2 is 2.07 bits per heavy atom. The van der Waals surface area contributed by atoms with Crippen LogP contribution in [0, 0.1) is 0 Å². The van der Waals surface area contributed by atoms with Gasteiger partial charge in [-0.15, -0.1) is 0 Å². The van der Waals surface area contributed by atoms with Gasteiger partial charge in [0.25, 0.3) is 0 Å². The van der Waals surface area contributed by atoms with E-state index in [1.165, 1.54) is 4.68 Å². The largest absolute Gasteiger partial charge is 0.347 e.